The van der Waals surface area contributed by atoms with Crippen LogP contribution in [0.15, 0.2) is 53.4 Å². The maximum atomic E-state index is 12.6. The summed E-state index contributed by atoms with van der Waals surface area (Å²) in [5, 5.41) is 2.35. The quantitative estimate of drug-likeness (QED) is 0.728. The molecule has 0 unspecified atom stereocenters. The third-order valence-electron chi connectivity index (χ3n) is 3.72. The number of hydrogen-bond acceptors (Lipinski definition) is 5. The Bertz CT molecular complexity index is 823. The predicted molar refractivity (Wildman–Crippen MR) is 100 cm³/mol. The fraction of sp³-hybridized carbons (Fsp3) is 0.211. The van der Waals surface area contributed by atoms with Crippen LogP contribution in [0.4, 0.5) is 0 Å². The van der Waals surface area contributed by atoms with Gasteiger partial charge in [-0.15, -0.1) is 0 Å². The number of rotatable bonds is 7. The van der Waals surface area contributed by atoms with E-state index in [2.05, 4.69) is 5.32 Å². The van der Waals surface area contributed by atoms with E-state index in [0.29, 0.717) is 28.2 Å². The summed E-state index contributed by atoms with van der Waals surface area (Å²) in [7, 11) is 1.49. The molecule has 0 saturated carbocycles. The highest BCUT2D eigenvalue weighted by atomic mass is 32.2. The van der Waals surface area contributed by atoms with Crippen molar-refractivity contribution < 1.29 is 19.1 Å². The number of nitrogens with one attached hydrogen (secondary N) is 1. The fourth-order valence-corrected chi connectivity index (χ4v) is 3.22. The lowest BCUT2D eigenvalue weighted by Gasteiger charge is -2.15. The molecule has 6 nitrogen and oxygen atoms in total. The first kappa shape index (κ1) is 19.5. The average Bonchev–Trinajstić information content (AvgIpc) is 2.65. The molecular formula is C19H20N2O4S. The van der Waals surface area contributed by atoms with E-state index in [1.165, 1.54) is 7.11 Å². The van der Waals surface area contributed by atoms with Gasteiger partial charge in [-0.25, -0.2) is 0 Å². The summed E-state index contributed by atoms with van der Waals surface area (Å²) in [6, 6.07) is 12.8. The molecule has 0 radical (unpaired) electrons. The van der Waals surface area contributed by atoms with E-state index in [1.807, 2.05) is 0 Å². The van der Waals surface area contributed by atoms with Crippen molar-refractivity contribution in [3.63, 3.8) is 0 Å². The Morgan fingerprint density at radius 3 is 2.31 bits per heavy atom. The Morgan fingerprint density at radius 1 is 1.08 bits per heavy atom. The molecule has 0 fully saturated rings. The van der Waals surface area contributed by atoms with Crippen molar-refractivity contribution in [1.29, 1.82) is 0 Å². The number of carbonyl (C=O) groups is 3. The summed E-state index contributed by atoms with van der Waals surface area (Å²) in [5.41, 5.74) is 5.99. The van der Waals surface area contributed by atoms with Crippen molar-refractivity contribution in [2.45, 2.75) is 24.3 Å². The van der Waals surface area contributed by atoms with Gasteiger partial charge >= 0.3 is 0 Å². The molecule has 7 heteroatoms. The Balaban J connectivity index is 2.25. The second-order valence-corrected chi connectivity index (χ2v) is 6.44. The number of primary amides is 1. The van der Waals surface area contributed by atoms with Gasteiger partial charge in [-0.3, -0.25) is 14.4 Å². The molecule has 1 atom stereocenters. The monoisotopic (exact) mass is 372 g/mol. The molecule has 3 N–H and O–H groups in total. The van der Waals surface area contributed by atoms with Crippen LogP contribution in [-0.4, -0.2) is 30.1 Å². The summed E-state index contributed by atoms with van der Waals surface area (Å²) in [5.74, 6) is -0.589. The lowest BCUT2D eigenvalue weighted by molar-refractivity contribution is -0.119. The van der Waals surface area contributed by atoms with Gasteiger partial charge in [-0.05, 0) is 42.4 Å². The molecule has 0 bridgehead atoms. The van der Waals surface area contributed by atoms with Gasteiger partial charge in [0.25, 0.3) is 5.91 Å². The standard InChI is InChI=1S/C19H20N2O4S/c1-3-14(17(20)22)21-18(23)13-9-5-7-11-16(13)26-19(24)12-8-4-6-10-15(12)25-2/h4-11,14H,3H2,1-2H3,(H2,20,22)(H,21,23)/t14-/m0/s1. The Hall–Kier alpha value is -2.80. The smallest absolute Gasteiger partial charge is 0.253 e. The minimum atomic E-state index is -0.759. The van der Waals surface area contributed by atoms with E-state index in [1.54, 1.807) is 55.5 Å². The third kappa shape index (κ3) is 4.64. The maximum absolute atomic E-state index is 12.6. The molecule has 0 aliphatic rings. The number of para-hydroxylation sites is 1. The van der Waals surface area contributed by atoms with Crippen LogP contribution in [0.1, 0.15) is 34.1 Å². The second-order valence-electron chi connectivity index (χ2n) is 5.42. The highest BCUT2D eigenvalue weighted by molar-refractivity contribution is 8.14. The van der Waals surface area contributed by atoms with Gasteiger partial charge in [-0.1, -0.05) is 31.2 Å². The molecule has 2 rings (SSSR count). The van der Waals surface area contributed by atoms with Crippen LogP contribution >= 0.6 is 11.8 Å². The highest BCUT2D eigenvalue weighted by Gasteiger charge is 2.21. The van der Waals surface area contributed by atoms with E-state index in [4.69, 9.17) is 10.5 Å². The molecule has 0 aliphatic carbocycles. The van der Waals surface area contributed by atoms with Crippen LogP contribution in [-0.2, 0) is 4.79 Å². The summed E-state index contributed by atoms with van der Waals surface area (Å²) >= 11 is 0.928. The molecule has 2 aromatic rings. The van der Waals surface area contributed by atoms with Gasteiger partial charge in [-0.2, -0.15) is 0 Å². The number of hydrogen-bond donors (Lipinski definition) is 2. The summed E-state index contributed by atoms with van der Waals surface area (Å²) in [6.45, 7) is 1.75. The van der Waals surface area contributed by atoms with Crippen molar-refractivity contribution >= 4 is 28.7 Å². The summed E-state index contributed by atoms with van der Waals surface area (Å²) < 4.78 is 5.21. The van der Waals surface area contributed by atoms with Gasteiger partial charge in [0.1, 0.15) is 11.8 Å². The number of carbonyl (C=O) groups excluding carboxylic acids is 3. The lowest BCUT2D eigenvalue weighted by Crippen LogP contribution is -2.44. The zero-order valence-electron chi connectivity index (χ0n) is 14.5. The van der Waals surface area contributed by atoms with Gasteiger partial charge < -0.3 is 15.8 Å². The van der Waals surface area contributed by atoms with Crippen LogP contribution in [0.2, 0.25) is 0 Å². The van der Waals surface area contributed by atoms with Crippen LogP contribution < -0.4 is 15.8 Å². The topological polar surface area (TPSA) is 98.5 Å². The summed E-state index contributed by atoms with van der Waals surface area (Å²) in [6.07, 6.45) is 0.385. The Morgan fingerprint density at radius 2 is 1.69 bits per heavy atom. The number of amides is 2. The van der Waals surface area contributed by atoms with E-state index < -0.39 is 17.9 Å². The number of ether oxygens (including phenoxy) is 1. The number of benzene rings is 2. The minimum Gasteiger partial charge on any atom is -0.496 e. The molecule has 0 saturated heterocycles. The van der Waals surface area contributed by atoms with Crippen molar-refractivity contribution in [3.05, 3.63) is 59.7 Å². The zero-order chi connectivity index (χ0) is 19.1. The normalized spacial score (nSPS) is 11.5. The largest absolute Gasteiger partial charge is 0.496 e. The Labute approximate surface area is 156 Å². The number of nitrogens with two attached hydrogens (primary N) is 1. The van der Waals surface area contributed by atoms with Gasteiger partial charge in [0, 0.05) is 4.90 Å². The average molecular weight is 372 g/mol. The van der Waals surface area contributed by atoms with E-state index >= 15 is 0 Å². The highest BCUT2D eigenvalue weighted by Crippen LogP contribution is 2.30. The van der Waals surface area contributed by atoms with Crippen molar-refractivity contribution in [2.75, 3.05) is 7.11 Å². The molecule has 2 amide bonds. The number of methoxy groups -OCH3 is 1. The minimum absolute atomic E-state index is 0.246. The zero-order valence-corrected chi connectivity index (χ0v) is 15.3. The summed E-state index contributed by atoms with van der Waals surface area (Å²) in [4.78, 5) is 37.0. The molecule has 26 heavy (non-hydrogen) atoms. The maximum Gasteiger partial charge on any atom is 0.253 e. The Kier molecular flexibility index (Phi) is 6.80. The van der Waals surface area contributed by atoms with Crippen LogP contribution in [0.5, 0.6) is 5.75 Å². The third-order valence-corrected chi connectivity index (χ3v) is 4.70. The van der Waals surface area contributed by atoms with Crippen molar-refractivity contribution in [2.24, 2.45) is 5.73 Å². The molecule has 2 aromatic carbocycles. The van der Waals surface area contributed by atoms with Crippen molar-refractivity contribution in [1.82, 2.24) is 5.32 Å². The molecule has 0 spiro atoms. The number of thioether (sulfide) groups is 1. The van der Waals surface area contributed by atoms with E-state index in [9.17, 15) is 14.4 Å². The molecule has 0 aliphatic heterocycles. The van der Waals surface area contributed by atoms with Crippen LogP contribution in [0, 0.1) is 0 Å². The van der Waals surface area contributed by atoms with Crippen LogP contribution in [0.3, 0.4) is 0 Å². The molecule has 136 valence electrons. The lowest BCUT2D eigenvalue weighted by atomic mass is 10.1. The van der Waals surface area contributed by atoms with Gasteiger partial charge in [0.2, 0.25) is 11.0 Å². The SMILES string of the molecule is CC[C@H](NC(=O)c1ccccc1SC(=O)c1ccccc1OC)C(N)=O. The van der Waals surface area contributed by atoms with Crippen LogP contribution in [0.25, 0.3) is 0 Å². The predicted octanol–water partition coefficient (Wildman–Crippen LogP) is 2.62. The molecular weight excluding hydrogens is 352 g/mol. The van der Waals surface area contributed by atoms with E-state index in [0.717, 1.165) is 11.8 Å². The van der Waals surface area contributed by atoms with Gasteiger partial charge in [0.05, 0.1) is 18.2 Å². The van der Waals surface area contributed by atoms with Crippen molar-refractivity contribution in [3.8, 4) is 5.75 Å². The first-order valence-corrected chi connectivity index (χ1v) is 8.84. The van der Waals surface area contributed by atoms with Gasteiger partial charge in [0.15, 0.2) is 0 Å². The van der Waals surface area contributed by atoms with E-state index in [-0.39, 0.29) is 5.12 Å². The first-order chi connectivity index (χ1) is 12.5. The first-order valence-electron chi connectivity index (χ1n) is 8.02. The molecule has 0 heterocycles. The second kappa shape index (κ2) is 9.05. The molecule has 0 aromatic heterocycles. The fourth-order valence-electron chi connectivity index (χ4n) is 2.32.